The Morgan fingerprint density at radius 3 is 2.29 bits per heavy atom. The predicted octanol–water partition coefficient (Wildman–Crippen LogP) is 2.59. The summed E-state index contributed by atoms with van der Waals surface area (Å²) in [5, 5.41) is -0.559. The lowest BCUT2D eigenvalue weighted by atomic mass is 10.1. The number of Topliss-reactive ketones (excluding diaryl/α,β-unsaturated/α-hetero) is 1. The van der Waals surface area contributed by atoms with E-state index in [0.29, 0.717) is 17.7 Å². The second-order valence-corrected chi connectivity index (χ2v) is 7.41. The van der Waals surface area contributed by atoms with Crippen molar-refractivity contribution in [2.24, 2.45) is 5.92 Å². The van der Waals surface area contributed by atoms with Gasteiger partial charge in [-0.1, -0.05) is 22.9 Å². The van der Waals surface area contributed by atoms with Crippen molar-refractivity contribution in [1.29, 1.82) is 0 Å². The van der Waals surface area contributed by atoms with Crippen LogP contribution in [0.15, 0.2) is 33.6 Å². The van der Waals surface area contributed by atoms with Gasteiger partial charge in [0.2, 0.25) is 0 Å². The lowest BCUT2D eigenvalue weighted by Crippen LogP contribution is -2.26. The Morgan fingerprint density at radius 2 is 1.82 bits per heavy atom. The molecule has 2 unspecified atom stereocenters. The Hall–Kier alpha value is -0.680. The number of rotatable bonds is 2. The normalized spacial score (nSPS) is 25.2. The van der Waals surface area contributed by atoms with Crippen LogP contribution in [0.3, 0.4) is 0 Å². The summed E-state index contributed by atoms with van der Waals surface area (Å²) in [7, 11) is -3.38. The molecule has 3 nitrogen and oxygen atoms in total. The molecule has 0 amide bonds. The SMILES string of the molecule is CC1C(=O)CCC1S(=O)(=O)c1ccc(Br)cc1. The van der Waals surface area contributed by atoms with E-state index in [0.717, 1.165) is 4.47 Å². The van der Waals surface area contributed by atoms with Crippen molar-refractivity contribution in [3.63, 3.8) is 0 Å². The van der Waals surface area contributed by atoms with Gasteiger partial charge in [-0.15, -0.1) is 0 Å². The van der Waals surface area contributed by atoms with Crippen molar-refractivity contribution < 1.29 is 13.2 Å². The lowest BCUT2D eigenvalue weighted by Gasteiger charge is -2.15. The third kappa shape index (κ3) is 2.31. The maximum Gasteiger partial charge on any atom is 0.181 e. The summed E-state index contributed by atoms with van der Waals surface area (Å²) < 4.78 is 25.5. The molecule has 0 N–H and O–H groups in total. The highest BCUT2D eigenvalue weighted by atomic mass is 79.9. The van der Waals surface area contributed by atoms with E-state index < -0.39 is 15.1 Å². The molecule has 0 aromatic heterocycles. The molecule has 92 valence electrons. The number of hydrogen-bond donors (Lipinski definition) is 0. The Bertz CT molecular complexity index is 533. The molecule has 1 aromatic carbocycles. The average molecular weight is 317 g/mol. The van der Waals surface area contributed by atoms with E-state index in [-0.39, 0.29) is 11.7 Å². The molecule has 1 saturated carbocycles. The molecule has 1 aliphatic carbocycles. The standard InChI is InChI=1S/C12H13BrO3S/c1-8-11(14)6-7-12(8)17(15,16)10-4-2-9(13)3-5-10/h2-5,8,12H,6-7H2,1H3. The van der Waals surface area contributed by atoms with Crippen LogP contribution in [0.1, 0.15) is 19.8 Å². The molecule has 17 heavy (non-hydrogen) atoms. The van der Waals surface area contributed by atoms with Crippen molar-refractivity contribution in [1.82, 2.24) is 0 Å². The van der Waals surface area contributed by atoms with E-state index in [1.807, 2.05) is 0 Å². The maximum absolute atomic E-state index is 12.3. The van der Waals surface area contributed by atoms with Crippen LogP contribution in [0.2, 0.25) is 0 Å². The fourth-order valence-electron chi connectivity index (χ4n) is 2.19. The van der Waals surface area contributed by atoms with E-state index in [1.165, 1.54) is 0 Å². The summed E-state index contributed by atoms with van der Waals surface area (Å²) in [6.45, 7) is 1.70. The summed E-state index contributed by atoms with van der Waals surface area (Å²) in [6, 6.07) is 6.56. The van der Waals surface area contributed by atoms with Gasteiger partial charge in [0, 0.05) is 16.8 Å². The van der Waals surface area contributed by atoms with Crippen LogP contribution in [0, 0.1) is 5.92 Å². The first-order chi connectivity index (χ1) is 7.93. The molecule has 2 atom stereocenters. The molecular weight excluding hydrogens is 304 g/mol. The molecule has 2 rings (SSSR count). The van der Waals surface area contributed by atoms with Crippen molar-refractivity contribution in [2.75, 3.05) is 0 Å². The number of carbonyl (C=O) groups excluding carboxylic acids is 1. The molecule has 1 aliphatic rings. The van der Waals surface area contributed by atoms with Gasteiger partial charge in [-0.05, 0) is 30.7 Å². The topological polar surface area (TPSA) is 51.2 Å². The van der Waals surface area contributed by atoms with Crippen LogP contribution < -0.4 is 0 Å². The highest BCUT2D eigenvalue weighted by Gasteiger charge is 2.40. The van der Waals surface area contributed by atoms with Gasteiger partial charge in [0.1, 0.15) is 5.78 Å². The van der Waals surface area contributed by atoms with Gasteiger partial charge < -0.3 is 0 Å². The van der Waals surface area contributed by atoms with Crippen LogP contribution in [0.5, 0.6) is 0 Å². The Balaban J connectivity index is 2.37. The first-order valence-corrected chi connectivity index (χ1v) is 7.79. The minimum atomic E-state index is -3.38. The van der Waals surface area contributed by atoms with Crippen LogP contribution >= 0.6 is 15.9 Å². The molecule has 0 radical (unpaired) electrons. The van der Waals surface area contributed by atoms with Crippen LogP contribution in [0.25, 0.3) is 0 Å². The fraction of sp³-hybridized carbons (Fsp3) is 0.417. The number of ketones is 1. The van der Waals surface area contributed by atoms with Gasteiger partial charge in [-0.25, -0.2) is 8.42 Å². The van der Waals surface area contributed by atoms with Gasteiger partial charge >= 0.3 is 0 Å². The van der Waals surface area contributed by atoms with Crippen LogP contribution in [-0.2, 0) is 14.6 Å². The third-order valence-electron chi connectivity index (χ3n) is 3.28. The molecule has 0 bridgehead atoms. The molecule has 5 heteroatoms. The summed E-state index contributed by atoms with van der Waals surface area (Å²) in [4.78, 5) is 11.7. The fourth-order valence-corrected chi connectivity index (χ4v) is 4.44. The van der Waals surface area contributed by atoms with E-state index in [2.05, 4.69) is 15.9 Å². The first-order valence-electron chi connectivity index (χ1n) is 5.45. The minimum absolute atomic E-state index is 0.0516. The zero-order valence-electron chi connectivity index (χ0n) is 9.39. The molecule has 0 aliphatic heterocycles. The quantitative estimate of drug-likeness (QED) is 0.842. The third-order valence-corrected chi connectivity index (χ3v) is 6.18. The van der Waals surface area contributed by atoms with E-state index in [1.54, 1.807) is 31.2 Å². The Kier molecular flexibility index (Phi) is 3.41. The molecule has 1 aromatic rings. The smallest absolute Gasteiger partial charge is 0.181 e. The number of hydrogen-bond acceptors (Lipinski definition) is 3. The molecule has 1 fully saturated rings. The van der Waals surface area contributed by atoms with E-state index in [4.69, 9.17) is 0 Å². The average Bonchev–Trinajstić information content (AvgIpc) is 2.61. The van der Waals surface area contributed by atoms with Crippen molar-refractivity contribution >= 4 is 31.6 Å². The Morgan fingerprint density at radius 1 is 1.24 bits per heavy atom. The Labute approximate surface area is 109 Å². The van der Waals surface area contributed by atoms with Crippen LogP contribution in [-0.4, -0.2) is 19.5 Å². The van der Waals surface area contributed by atoms with Crippen molar-refractivity contribution in [3.05, 3.63) is 28.7 Å². The highest BCUT2D eigenvalue weighted by Crippen LogP contribution is 2.32. The zero-order valence-corrected chi connectivity index (χ0v) is 11.8. The van der Waals surface area contributed by atoms with Crippen molar-refractivity contribution in [2.45, 2.75) is 29.9 Å². The minimum Gasteiger partial charge on any atom is -0.299 e. The van der Waals surface area contributed by atoms with Gasteiger partial charge in [0.25, 0.3) is 0 Å². The summed E-state index contributed by atoms with van der Waals surface area (Å²) in [5.74, 6) is -0.334. The molecule has 0 heterocycles. The summed E-state index contributed by atoms with van der Waals surface area (Å²) in [5.41, 5.74) is 0. The van der Waals surface area contributed by atoms with Crippen LogP contribution in [0.4, 0.5) is 0 Å². The van der Waals surface area contributed by atoms with Gasteiger partial charge in [0.15, 0.2) is 9.84 Å². The monoisotopic (exact) mass is 316 g/mol. The number of halogens is 1. The zero-order chi connectivity index (χ0) is 12.6. The lowest BCUT2D eigenvalue weighted by molar-refractivity contribution is -0.120. The number of sulfone groups is 1. The molecule has 0 spiro atoms. The first kappa shape index (κ1) is 12.8. The molecule has 0 saturated heterocycles. The van der Waals surface area contributed by atoms with E-state index in [9.17, 15) is 13.2 Å². The summed E-state index contributed by atoms with van der Waals surface area (Å²) in [6.07, 6.45) is 0.819. The maximum atomic E-state index is 12.3. The van der Waals surface area contributed by atoms with Gasteiger partial charge in [-0.3, -0.25) is 4.79 Å². The second-order valence-electron chi connectivity index (χ2n) is 4.33. The largest absolute Gasteiger partial charge is 0.299 e. The van der Waals surface area contributed by atoms with E-state index >= 15 is 0 Å². The van der Waals surface area contributed by atoms with Gasteiger partial charge in [-0.2, -0.15) is 0 Å². The number of benzene rings is 1. The predicted molar refractivity (Wildman–Crippen MR) is 68.5 cm³/mol. The highest BCUT2D eigenvalue weighted by molar-refractivity contribution is 9.10. The molecular formula is C12H13BrO3S. The van der Waals surface area contributed by atoms with Crippen molar-refractivity contribution in [3.8, 4) is 0 Å². The second kappa shape index (κ2) is 4.53. The van der Waals surface area contributed by atoms with Gasteiger partial charge in [0.05, 0.1) is 10.1 Å². The number of carbonyl (C=O) groups is 1. The summed E-state index contributed by atoms with van der Waals surface area (Å²) >= 11 is 3.27.